The summed E-state index contributed by atoms with van der Waals surface area (Å²) >= 11 is 3.66. The third kappa shape index (κ3) is 13.5. The molecular formula is C22H35BrO8. The van der Waals surface area contributed by atoms with Gasteiger partial charge in [-0.15, -0.1) is 0 Å². The summed E-state index contributed by atoms with van der Waals surface area (Å²) in [5.41, 5.74) is 2.17. The molecule has 0 saturated heterocycles. The molecule has 178 valence electrons. The lowest BCUT2D eigenvalue weighted by Gasteiger charge is -2.12. The van der Waals surface area contributed by atoms with Gasteiger partial charge in [-0.1, -0.05) is 34.1 Å². The van der Waals surface area contributed by atoms with Crippen molar-refractivity contribution in [2.75, 3.05) is 92.5 Å². The summed E-state index contributed by atoms with van der Waals surface area (Å²) < 4.78 is 45.3. The molecule has 0 spiro atoms. The first kappa shape index (κ1) is 26.6. The van der Waals surface area contributed by atoms with Crippen LogP contribution in [0.5, 0.6) is 0 Å². The second kappa shape index (κ2) is 18.9. The van der Waals surface area contributed by atoms with Crippen LogP contribution in [0, 0.1) is 0 Å². The Labute approximate surface area is 193 Å². The highest BCUT2D eigenvalue weighted by Crippen LogP contribution is 2.23. The Hall–Kier alpha value is -0.620. The van der Waals surface area contributed by atoms with Crippen molar-refractivity contribution < 1.29 is 37.9 Å². The van der Waals surface area contributed by atoms with E-state index < -0.39 is 0 Å². The van der Waals surface area contributed by atoms with Crippen LogP contribution >= 0.6 is 15.9 Å². The molecule has 0 unspecified atom stereocenters. The maximum Gasteiger partial charge on any atom is 0.0729 e. The van der Waals surface area contributed by atoms with Gasteiger partial charge in [-0.05, 0) is 11.1 Å². The van der Waals surface area contributed by atoms with Crippen LogP contribution in [-0.2, 0) is 51.1 Å². The molecule has 0 fully saturated rings. The van der Waals surface area contributed by atoms with Crippen molar-refractivity contribution in [2.24, 2.45) is 0 Å². The molecule has 0 aromatic heterocycles. The fraction of sp³-hybridized carbons (Fsp3) is 0.727. The molecule has 2 rings (SSSR count). The zero-order valence-electron chi connectivity index (χ0n) is 18.2. The molecule has 0 radical (unpaired) electrons. The molecule has 1 heterocycles. The molecule has 1 aliphatic rings. The molecule has 0 saturated carbocycles. The molecule has 9 heteroatoms. The lowest BCUT2D eigenvalue weighted by molar-refractivity contribution is -0.0238. The second-order valence-corrected chi connectivity index (χ2v) is 7.46. The van der Waals surface area contributed by atoms with Gasteiger partial charge in [0.05, 0.1) is 106 Å². The molecule has 1 aromatic carbocycles. The van der Waals surface area contributed by atoms with E-state index in [4.69, 9.17) is 37.9 Å². The number of halogens is 1. The number of benzene rings is 1. The zero-order chi connectivity index (χ0) is 21.8. The molecule has 31 heavy (non-hydrogen) atoms. The number of hydrogen-bond donors (Lipinski definition) is 0. The Balaban J connectivity index is 1.68. The van der Waals surface area contributed by atoms with Crippen molar-refractivity contribution in [3.63, 3.8) is 0 Å². The van der Waals surface area contributed by atoms with Crippen molar-refractivity contribution in [3.05, 3.63) is 33.8 Å². The average Bonchev–Trinajstić information content (AvgIpc) is 2.78. The fourth-order valence-corrected chi connectivity index (χ4v) is 3.15. The first-order chi connectivity index (χ1) is 15.4. The molecule has 8 nitrogen and oxygen atoms in total. The van der Waals surface area contributed by atoms with Gasteiger partial charge in [0.15, 0.2) is 0 Å². The largest absolute Gasteiger partial charge is 0.377 e. The molecule has 1 aromatic rings. The van der Waals surface area contributed by atoms with Crippen LogP contribution in [-0.4, -0.2) is 92.5 Å². The van der Waals surface area contributed by atoms with E-state index in [1.807, 2.05) is 18.2 Å². The van der Waals surface area contributed by atoms with E-state index in [1.165, 1.54) is 0 Å². The van der Waals surface area contributed by atoms with Crippen molar-refractivity contribution in [1.82, 2.24) is 0 Å². The first-order valence-electron chi connectivity index (χ1n) is 10.8. The van der Waals surface area contributed by atoms with E-state index in [-0.39, 0.29) is 0 Å². The van der Waals surface area contributed by atoms with Crippen molar-refractivity contribution >= 4 is 15.9 Å². The lowest BCUT2D eigenvalue weighted by atomic mass is 10.1. The van der Waals surface area contributed by atoms with Crippen molar-refractivity contribution in [1.29, 1.82) is 0 Å². The summed E-state index contributed by atoms with van der Waals surface area (Å²) in [5.74, 6) is 0. The van der Waals surface area contributed by atoms with Crippen molar-refractivity contribution in [2.45, 2.75) is 13.2 Å². The quantitative estimate of drug-likeness (QED) is 0.531. The minimum atomic E-state index is 0.512. The average molecular weight is 507 g/mol. The first-order valence-corrected chi connectivity index (χ1v) is 11.6. The van der Waals surface area contributed by atoms with Gasteiger partial charge in [0.2, 0.25) is 0 Å². The van der Waals surface area contributed by atoms with Crippen LogP contribution in [0.15, 0.2) is 22.7 Å². The number of hydrogen-bond acceptors (Lipinski definition) is 8. The van der Waals surface area contributed by atoms with Crippen LogP contribution < -0.4 is 0 Å². The van der Waals surface area contributed by atoms with Gasteiger partial charge in [-0.25, -0.2) is 0 Å². The summed E-state index contributed by atoms with van der Waals surface area (Å²) in [4.78, 5) is 0. The van der Waals surface area contributed by atoms with E-state index in [0.29, 0.717) is 106 Å². The smallest absolute Gasteiger partial charge is 0.0729 e. The van der Waals surface area contributed by atoms with Crippen LogP contribution in [0.4, 0.5) is 0 Å². The van der Waals surface area contributed by atoms with Crippen molar-refractivity contribution in [3.8, 4) is 0 Å². The molecule has 1 aliphatic heterocycles. The summed E-state index contributed by atoms with van der Waals surface area (Å²) in [6.07, 6.45) is 0. The summed E-state index contributed by atoms with van der Waals surface area (Å²) in [7, 11) is 0. The Morgan fingerprint density at radius 2 is 0.677 bits per heavy atom. The number of fused-ring (bicyclic) bond motifs is 2. The Bertz CT molecular complexity index is 516. The van der Waals surface area contributed by atoms with E-state index in [2.05, 4.69) is 15.9 Å². The minimum absolute atomic E-state index is 0.512. The molecule has 0 amide bonds. The fourth-order valence-electron chi connectivity index (χ4n) is 2.66. The second-order valence-electron chi connectivity index (χ2n) is 6.67. The highest BCUT2D eigenvalue weighted by atomic mass is 79.9. The van der Waals surface area contributed by atoms with Crippen LogP contribution in [0.3, 0.4) is 0 Å². The van der Waals surface area contributed by atoms with Gasteiger partial charge in [-0.2, -0.15) is 0 Å². The molecule has 0 atom stereocenters. The molecular weight excluding hydrogens is 472 g/mol. The van der Waals surface area contributed by atoms with Gasteiger partial charge >= 0.3 is 0 Å². The summed E-state index contributed by atoms with van der Waals surface area (Å²) in [6.45, 7) is 8.51. The Kier molecular flexibility index (Phi) is 16.2. The topological polar surface area (TPSA) is 73.8 Å². The number of ether oxygens (including phenoxy) is 8. The lowest BCUT2D eigenvalue weighted by Crippen LogP contribution is -2.14. The highest BCUT2D eigenvalue weighted by molar-refractivity contribution is 9.10. The zero-order valence-corrected chi connectivity index (χ0v) is 19.8. The summed E-state index contributed by atoms with van der Waals surface area (Å²) in [5, 5.41) is 0. The molecule has 0 aliphatic carbocycles. The standard InChI is InChI=1S/C22H35BrO8/c23-22-20-2-1-3-21(22)19-31-17-15-29-13-11-27-9-7-25-5-4-24-6-8-26-10-12-28-14-16-30-18-20/h1-3H,4-19H2. The van der Waals surface area contributed by atoms with Crippen LogP contribution in [0.2, 0.25) is 0 Å². The van der Waals surface area contributed by atoms with Crippen LogP contribution in [0.1, 0.15) is 11.1 Å². The van der Waals surface area contributed by atoms with E-state index in [9.17, 15) is 0 Å². The highest BCUT2D eigenvalue weighted by Gasteiger charge is 2.06. The van der Waals surface area contributed by atoms with Crippen LogP contribution in [0.25, 0.3) is 0 Å². The predicted molar refractivity (Wildman–Crippen MR) is 118 cm³/mol. The summed E-state index contributed by atoms with van der Waals surface area (Å²) in [6, 6.07) is 6.08. The van der Waals surface area contributed by atoms with E-state index in [1.54, 1.807) is 0 Å². The van der Waals surface area contributed by atoms with Gasteiger partial charge in [-0.3, -0.25) is 0 Å². The maximum absolute atomic E-state index is 5.72. The third-order valence-electron chi connectivity index (χ3n) is 4.28. The van der Waals surface area contributed by atoms with E-state index >= 15 is 0 Å². The minimum Gasteiger partial charge on any atom is -0.377 e. The maximum atomic E-state index is 5.72. The Morgan fingerprint density at radius 1 is 0.419 bits per heavy atom. The Morgan fingerprint density at radius 3 is 0.968 bits per heavy atom. The third-order valence-corrected chi connectivity index (χ3v) is 5.30. The van der Waals surface area contributed by atoms with Gasteiger partial charge in [0, 0.05) is 4.47 Å². The van der Waals surface area contributed by atoms with Gasteiger partial charge in [0.25, 0.3) is 0 Å². The van der Waals surface area contributed by atoms with Gasteiger partial charge in [0.1, 0.15) is 0 Å². The van der Waals surface area contributed by atoms with Gasteiger partial charge < -0.3 is 37.9 Å². The molecule has 2 bridgehead atoms. The normalized spacial score (nSPS) is 21.2. The molecule has 0 N–H and O–H groups in total. The monoisotopic (exact) mass is 506 g/mol. The number of rotatable bonds is 0. The SMILES string of the molecule is Brc1c2cccc1COCCOCCOCCOCCOCCOCCOCCOC2. The predicted octanol–water partition coefficient (Wildman–Crippen LogP) is 2.60. The van der Waals surface area contributed by atoms with E-state index in [0.717, 1.165) is 15.6 Å².